The molecule has 3 unspecified atom stereocenters. The predicted octanol–water partition coefficient (Wildman–Crippen LogP) is 3.97. The Hall–Kier alpha value is -1.22. The number of hydrogen-bond donors (Lipinski definition) is 1. The second-order valence-corrected chi connectivity index (χ2v) is 7.54. The largest absolute Gasteiger partial charge is 0.508 e. The lowest BCUT2D eigenvalue weighted by atomic mass is 9.83. The molecule has 3 heteroatoms. The van der Waals surface area contributed by atoms with Crippen molar-refractivity contribution in [3.05, 3.63) is 23.8 Å². The quantitative estimate of drug-likeness (QED) is 0.849. The van der Waals surface area contributed by atoms with Crippen molar-refractivity contribution in [1.82, 2.24) is 4.90 Å². The predicted molar refractivity (Wildman–Crippen MR) is 84.7 cm³/mol. The fourth-order valence-corrected chi connectivity index (χ4v) is 3.71. The molecule has 1 aromatic rings. The Morgan fingerprint density at radius 1 is 1.24 bits per heavy atom. The van der Waals surface area contributed by atoms with Crippen LogP contribution in [0.2, 0.25) is 0 Å². The number of hydrogen-bond acceptors (Lipinski definition) is 3. The lowest BCUT2D eigenvalue weighted by Crippen LogP contribution is -2.46. The Kier molecular flexibility index (Phi) is 3.64. The molecule has 0 aromatic heterocycles. The van der Waals surface area contributed by atoms with Gasteiger partial charge in [-0.3, -0.25) is 4.90 Å². The summed E-state index contributed by atoms with van der Waals surface area (Å²) in [6.45, 7) is 11.3. The Morgan fingerprint density at radius 3 is 2.71 bits per heavy atom. The number of likely N-dealkylation sites (tertiary alicyclic amines) is 1. The second kappa shape index (κ2) is 5.20. The van der Waals surface area contributed by atoms with Crippen molar-refractivity contribution in [3.63, 3.8) is 0 Å². The molecule has 1 aromatic carbocycles. The number of nitrogens with zero attached hydrogens (tertiary/aromatic N) is 1. The number of piperidine rings is 1. The van der Waals surface area contributed by atoms with Gasteiger partial charge in [0, 0.05) is 30.6 Å². The monoisotopic (exact) mass is 289 g/mol. The molecule has 116 valence electrons. The van der Waals surface area contributed by atoms with E-state index in [9.17, 15) is 5.11 Å². The Labute approximate surface area is 127 Å². The molecule has 0 radical (unpaired) electrons. The molecule has 21 heavy (non-hydrogen) atoms. The van der Waals surface area contributed by atoms with Gasteiger partial charge in [-0.2, -0.15) is 0 Å². The van der Waals surface area contributed by atoms with E-state index in [1.807, 2.05) is 6.07 Å². The Morgan fingerprint density at radius 2 is 2.00 bits per heavy atom. The van der Waals surface area contributed by atoms with E-state index in [1.54, 1.807) is 12.1 Å². The fraction of sp³-hybridized carbons (Fsp3) is 0.667. The summed E-state index contributed by atoms with van der Waals surface area (Å²) in [4.78, 5) is 2.62. The number of ether oxygens (including phenoxy) is 1. The maximum Gasteiger partial charge on any atom is 0.128 e. The number of benzene rings is 1. The van der Waals surface area contributed by atoms with Crippen LogP contribution in [-0.2, 0) is 0 Å². The number of phenolic OH excluding ortho intramolecular Hbond substituents is 1. The SMILES string of the molecule is CC1CCN(C2CC(C)(C)Oc3cc(O)ccc32)CC1C. The minimum absolute atomic E-state index is 0.183. The molecule has 1 N–H and O–H groups in total. The summed E-state index contributed by atoms with van der Waals surface area (Å²) in [6, 6.07) is 5.98. The lowest BCUT2D eigenvalue weighted by Gasteiger charge is -2.46. The van der Waals surface area contributed by atoms with E-state index >= 15 is 0 Å². The topological polar surface area (TPSA) is 32.7 Å². The van der Waals surface area contributed by atoms with Crippen LogP contribution in [0.3, 0.4) is 0 Å². The number of fused-ring (bicyclic) bond motifs is 1. The van der Waals surface area contributed by atoms with Gasteiger partial charge in [-0.1, -0.05) is 19.9 Å². The van der Waals surface area contributed by atoms with Crippen LogP contribution in [0.25, 0.3) is 0 Å². The van der Waals surface area contributed by atoms with E-state index in [2.05, 4.69) is 32.6 Å². The van der Waals surface area contributed by atoms with E-state index in [-0.39, 0.29) is 11.4 Å². The highest BCUT2D eigenvalue weighted by molar-refractivity contribution is 5.44. The first-order valence-electron chi connectivity index (χ1n) is 8.12. The molecule has 2 aliphatic rings. The van der Waals surface area contributed by atoms with Gasteiger partial charge < -0.3 is 9.84 Å². The van der Waals surface area contributed by atoms with Crippen LogP contribution in [0.4, 0.5) is 0 Å². The van der Waals surface area contributed by atoms with E-state index in [0.717, 1.165) is 37.1 Å². The van der Waals surface area contributed by atoms with Gasteiger partial charge >= 0.3 is 0 Å². The van der Waals surface area contributed by atoms with Gasteiger partial charge in [-0.25, -0.2) is 0 Å². The second-order valence-electron chi connectivity index (χ2n) is 7.54. The van der Waals surface area contributed by atoms with Crippen molar-refractivity contribution in [3.8, 4) is 11.5 Å². The minimum atomic E-state index is -0.183. The molecule has 2 aliphatic heterocycles. The molecule has 0 amide bonds. The smallest absolute Gasteiger partial charge is 0.128 e. The summed E-state index contributed by atoms with van der Waals surface area (Å²) in [5.41, 5.74) is 1.05. The molecule has 2 heterocycles. The van der Waals surface area contributed by atoms with Gasteiger partial charge in [-0.15, -0.1) is 0 Å². The Bertz CT molecular complexity index is 526. The van der Waals surface area contributed by atoms with E-state index in [4.69, 9.17) is 4.74 Å². The van der Waals surface area contributed by atoms with Crippen LogP contribution >= 0.6 is 0 Å². The van der Waals surface area contributed by atoms with Crippen LogP contribution in [-0.4, -0.2) is 28.7 Å². The molecular weight excluding hydrogens is 262 g/mol. The van der Waals surface area contributed by atoms with Crippen molar-refractivity contribution in [1.29, 1.82) is 0 Å². The van der Waals surface area contributed by atoms with Gasteiger partial charge in [0.15, 0.2) is 0 Å². The third-order valence-corrected chi connectivity index (χ3v) is 5.23. The van der Waals surface area contributed by atoms with Gasteiger partial charge in [0.2, 0.25) is 0 Å². The summed E-state index contributed by atoms with van der Waals surface area (Å²) in [5, 5.41) is 9.74. The van der Waals surface area contributed by atoms with Crippen LogP contribution in [0.5, 0.6) is 11.5 Å². The zero-order valence-corrected chi connectivity index (χ0v) is 13.6. The van der Waals surface area contributed by atoms with Gasteiger partial charge in [0.25, 0.3) is 0 Å². The first kappa shape index (κ1) is 14.7. The normalized spacial score (nSPS) is 32.3. The third-order valence-electron chi connectivity index (χ3n) is 5.23. The van der Waals surface area contributed by atoms with Crippen molar-refractivity contribution in [2.75, 3.05) is 13.1 Å². The van der Waals surface area contributed by atoms with E-state index < -0.39 is 0 Å². The summed E-state index contributed by atoms with van der Waals surface area (Å²) >= 11 is 0. The van der Waals surface area contributed by atoms with E-state index in [1.165, 1.54) is 12.0 Å². The summed E-state index contributed by atoms with van der Waals surface area (Å²) < 4.78 is 6.08. The summed E-state index contributed by atoms with van der Waals surface area (Å²) in [5.74, 6) is 2.69. The summed E-state index contributed by atoms with van der Waals surface area (Å²) in [6.07, 6.45) is 2.28. The standard InChI is InChI=1S/C18H27NO2/c1-12-7-8-19(11-13(12)2)16-10-18(3,4)21-17-9-14(20)5-6-15(16)17/h5-6,9,12-13,16,20H,7-8,10-11H2,1-4H3. The fourth-order valence-electron chi connectivity index (χ4n) is 3.71. The molecule has 3 nitrogen and oxygen atoms in total. The Balaban J connectivity index is 1.92. The highest BCUT2D eigenvalue weighted by atomic mass is 16.5. The first-order valence-corrected chi connectivity index (χ1v) is 8.12. The molecule has 0 saturated carbocycles. The molecule has 0 bridgehead atoms. The lowest BCUT2D eigenvalue weighted by molar-refractivity contribution is 0.00847. The highest BCUT2D eigenvalue weighted by Crippen LogP contribution is 2.45. The molecule has 1 fully saturated rings. The van der Waals surface area contributed by atoms with Gasteiger partial charge in [0.1, 0.15) is 17.1 Å². The summed E-state index contributed by atoms with van der Waals surface area (Å²) in [7, 11) is 0. The number of aromatic hydroxyl groups is 1. The zero-order chi connectivity index (χ0) is 15.2. The molecule has 3 rings (SSSR count). The van der Waals surface area contributed by atoms with Crippen LogP contribution < -0.4 is 4.74 Å². The molecular formula is C18H27NO2. The van der Waals surface area contributed by atoms with Gasteiger partial charge in [0.05, 0.1) is 0 Å². The molecule has 0 spiro atoms. The first-order chi connectivity index (χ1) is 9.85. The highest BCUT2D eigenvalue weighted by Gasteiger charge is 2.38. The minimum Gasteiger partial charge on any atom is -0.508 e. The molecule has 1 saturated heterocycles. The maximum absolute atomic E-state index is 9.74. The van der Waals surface area contributed by atoms with Crippen molar-refractivity contribution in [2.24, 2.45) is 11.8 Å². The average Bonchev–Trinajstić information content (AvgIpc) is 2.39. The third kappa shape index (κ3) is 2.89. The van der Waals surface area contributed by atoms with Gasteiger partial charge in [-0.05, 0) is 44.7 Å². The van der Waals surface area contributed by atoms with Crippen LogP contribution in [0.15, 0.2) is 18.2 Å². The zero-order valence-electron chi connectivity index (χ0n) is 13.6. The van der Waals surface area contributed by atoms with Crippen molar-refractivity contribution in [2.45, 2.75) is 52.2 Å². The van der Waals surface area contributed by atoms with E-state index in [0.29, 0.717) is 6.04 Å². The molecule has 3 atom stereocenters. The molecule has 0 aliphatic carbocycles. The van der Waals surface area contributed by atoms with Crippen LogP contribution in [0, 0.1) is 11.8 Å². The number of rotatable bonds is 1. The van der Waals surface area contributed by atoms with Crippen molar-refractivity contribution >= 4 is 0 Å². The van der Waals surface area contributed by atoms with Crippen LogP contribution in [0.1, 0.15) is 52.1 Å². The average molecular weight is 289 g/mol. The number of phenols is 1. The van der Waals surface area contributed by atoms with Crippen molar-refractivity contribution < 1.29 is 9.84 Å². The maximum atomic E-state index is 9.74.